The maximum atomic E-state index is 12.2. The Hall–Kier alpha value is -2.43. The molecule has 1 aliphatic heterocycles. The number of piperidine rings is 1. The van der Waals surface area contributed by atoms with Crippen molar-refractivity contribution < 1.29 is 22.4 Å². The first kappa shape index (κ1) is 20.3. The molecule has 9 nitrogen and oxygen atoms in total. The molecule has 28 heavy (non-hydrogen) atoms. The van der Waals surface area contributed by atoms with Crippen molar-refractivity contribution in [3.8, 4) is 0 Å². The van der Waals surface area contributed by atoms with Crippen LogP contribution in [0.1, 0.15) is 30.1 Å². The van der Waals surface area contributed by atoms with E-state index in [1.807, 2.05) is 24.3 Å². The molecule has 1 aromatic carbocycles. The fourth-order valence-electron chi connectivity index (χ4n) is 3.09. The van der Waals surface area contributed by atoms with Crippen LogP contribution in [0, 0.1) is 0 Å². The van der Waals surface area contributed by atoms with Gasteiger partial charge in [0.15, 0.2) is 18.8 Å². The van der Waals surface area contributed by atoms with E-state index < -0.39 is 16.3 Å². The molecule has 1 amide bonds. The van der Waals surface area contributed by atoms with Crippen LogP contribution >= 0.6 is 0 Å². The first-order chi connectivity index (χ1) is 13.4. The van der Waals surface area contributed by atoms with Gasteiger partial charge in [-0.3, -0.25) is 5.32 Å². The number of carbonyl (C=O) groups is 1. The second-order valence-corrected chi connectivity index (χ2v) is 8.90. The van der Waals surface area contributed by atoms with E-state index in [1.165, 1.54) is 21.2 Å². The number of carbonyl (C=O) groups excluding carboxylic acids is 1. The Morgan fingerprint density at radius 3 is 2.54 bits per heavy atom. The zero-order valence-corrected chi connectivity index (χ0v) is 16.7. The minimum Gasteiger partial charge on any atom is -0.445 e. The number of oxazole rings is 1. The predicted octanol–water partition coefficient (Wildman–Crippen LogP) is 2.41. The molecule has 0 saturated carbocycles. The summed E-state index contributed by atoms with van der Waals surface area (Å²) in [7, 11) is -0.262. The highest BCUT2D eigenvalue weighted by atomic mass is 32.2. The molecule has 0 unspecified atom stereocenters. The number of benzene rings is 1. The van der Waals surface area contributed by atoms with Crippen LogP contribution in [0.3, 0.4) is 0 Å². The lowest BCUT2D eigenvalue weighted by Crippen LogP contribution is -2.44. The van der Waals surface area contributed by atoms with Crippen molar-refractivity contribution in [3.63, 3.8) is 0 Å². The third-order valence-corrected chi connectivity index (χ3v) is 6.64. The Bertz CT molecular complexity index is 873. The first-order valence-electron chi connectivity index (χ1n) is 8.95. The number of hydrogen-bond donors (Lipinski definition) is 1. The van der Waals surface area contributed by atoms with Crippen LogP contribution in [0.2, 0.25) is 0 Å². The van der Waals surface area contributed by atoms with Crippen LogP contribution < -0.4 is 5.32 Å². The Morgan fingerprint density at radius 1 is 1.29 bits per heavy atom. The van der Waals surface area contributed by atoms with E-state index >= 15 is 0 Å². The second kappa shape index (κ2) is 8.72. The summed E-state index contributed by atoms with van der Waals surface area (Å²) in [6.45, 7) is 1.01. The van der Waals surface area contributed by atoms with E-state index in [-0.39, 0.29) is 6.61 Å². The molecule has 0 spiro atoms. The maximum absolute atomic E-state index is 12.2. The van der Waals surface area contributed by atoms with Gasteiger partial charge in [0.05, 0.1) is 6.20 Å². The molecule has 1 N–H and O–H groups in total. The van der Waals surface area contributed by atoms with Crippen molar-refractivity contribution in [3.05, 3.63) is 48.2 Å². The second-order valence-electron chi connectivity index (χ2n) is 6.75. The smallest absolute Gasteiger partial charge is 0.412 e. The fraction of sp³-hybridized carbons (Fsp3) is 0.444. The maximum Gasteiger partial charge on any atom is 0.412 e. The van der Waals surface area contributed by atoms with E-state index in [2.05, 4.69) is 10.3 Å². The Labute approximate surface area is 164 Å². The highest BCUT2D eigenvalue weighted by Gasteiger charge is 2.29. The molecule has 0 aliphatic carbocycles. The third-order valence-electron chi connectivity index (χ3n) is 4.70. The van der Waals surface area contributed by atoms with Crippen molar-refractivity contribution in [2.24, 2.45) is 0 Å². The minimum atomic E-state index is -3.35. The van der Waals surface area contributed by atoms with Gasteiger partial charge in [0.1, 0.15) is 0 Å². The van der Waals surface area contributed by atoms with E-state index in [0.29, 0.717) is 30.5 Å². The van der Waals surface area contributed by atoms with Crippen molar-refractivity contribution in [2.75, 3.05) is 32.5 Å². The summed E-state index contributed by atoms with van der Waals surface area (Å²) < 4.78 is 37.2. The molecule has 2 aromatic rings. The lowest BCUT2D eigenvalue weighted by Gasteiger charge is -2.33. The van der Waals surface area contributed by atoms with Crippen LogP contribution in [0.5, 0.6) is 0 Å². The topological polar surface area (TPSA) is 105 Å². The number of nitrogens with zero attached hydrogens (tertiary/aromatic N) is 3. The van der Waals surface area contributed by atoms with Crippen LogP contribution in [0.25, 0.3) is 0 Å². The first-order valence-corrected chi connectivity index (χ1v) is 10.3. The molecule has 0 atom stereocenters. The van der Waals surface area contributed by atoms with Gasteiger partial charge in [-0.2, -0.15) is 17.0 Å². The molecule has 1 aromatic heterocycles. The monoisotopic (exact) mass is 408 g/mol. The average molecular weight is 408 g/mol. The summed E-state index contributed by atoms with van der Waals surface area (Å²) in [5.41, 5.74) is 1.75. The molecule has 1 fully saturated rings. The van der Waals surface area contributed by atoms with Crippen LogP contribution in [0.15, 0.2) is 41.3 Å². The minimum absolute atomic E-state index is 0.0122. The number of anilines is 1. The van der Waals surface area contributed by atoms with Gasteiger partial charge in [-0.25, -0.2) is 9.78 Å². The average Bonchev–Trinajstić information content (AvgIpc) is 3.21. The summed E-state index contributed by atoms with van der Waals surface area (Å²) >= 11 is 0. The molecule has 10 heteroatoms. The number of hydrogen-bond acceptors (Lipinski definition) is 6. The van der Waals surface area contributed by atoms with Crippen molar-refractivity contribution in [1.82, 2.24) is 13.6 Å². The van der Waals surface area contributed by atoms with Crippen molar-refractivity contribution >= 4 is 22.0 Å². The van der Waals surface area contributed by atoms with Gasteiger partial charge in [0.2, 0.25) is 0 Å². The van der Waals surface area contributed by atoms with E-state index in [9.17, 15) is 13.2 Å². The highest BCUT2D eigenvalue weighted by molar-refractivity contribution is 7.86. The predicted molar refractivity (Wildman–Crippen MR) is 103 cm³/mol. The SMILES string of the molecule is CN(C)S(=O)(=O)N1CCC(c2ccc(NC(=O)OCc3cnco3)cc2)CC1. The van der Waals surface area contributed by atoms with Gasteiger partial charge in [-0.05, 0) is 36.5 Å². The largest absolute Gasteiger partial charge is 0.445 e. The zero-order chi connectivity index (χ0) is 20.1. The van der Waals surface area contributed by atoms with E-state index in [1.54, 1.807) is 14.1 Å². The molecular formula is C18H24N4O5S. The molecule has 0 radical (unpaired) electrons. The van der Waals surface area contributed by atoms with E-state index in [4.69, 9.17) is 9.15 Å². The zero-order valence-electron chi connectivity index (χ0n) is 15.9. The van der Waals surface area contributed by atoms with Gasteiger partial charge >= 0.3 is 6.09 Å². The Kier molecular flexibility index (Phi) is 6.32. The van der Waals surface area contributed by atoms with E-state index in [0.717, 1.165) is 18.4 Å². The summed E-state index contributed by atoms with van der Waals surface area (Å²) in [4.78, 5) is 15.6. The molecule has 152 valence electrons. The summed E-state index contributed by atoms with van der Waals surface area (Å²) in [6, 6.07) is 7.53. The summed E-state index contributed by atoms with van der Waals surface area (Å²) in [6.07, 6.45) is 3.71. The molecule has 1 saturated heterocycles. The van der Waals surface area contributed by atoms with Crippen molar-refractivity contribution in [1.29, 1.82) is 0 Å². The van der Waals surface area contributed by atoms with Gasteiger partial charge in [0, 0.05) is 32.9 Å². The number of aromatic nitrogens is 1. The van der Waals surface area contributed by atoms with Crippen LogP contribution in [-0.4, -0.2) is 55.3 Å². The van der Waals surface area contributed by atoms with Gasteiger partial charge < -0.3 is 9.15 Å². The van der Waals surface area contributed by atoms with Gasteiger partial charge in [-0.15, -0.1) is 0 Å². The molecule has 0 bridgehead atoms. The van der Waals surface area contributed by atoms with Gasteiger partial charge in [0.25, 0.3) is 10.2 Å². The lowest BCUT2D eigenvalue weighted by molar-refractivity contribution is 0.146. The number of ether oxygens (including phenoxy) is 1. The van der Waals surface area contributed by atoms with Crippen molar-refractivity contribution in [2.45, 2.75) is 25.4 Å². The number of rotatable bonds is 6. The quantitative estimate of drug-likeness (QED) is 0.787. The number of nitrogens with one attached hydrogen (secondary N) is 1. The highest BCUT2D eigenvalue weighted by Crippen LogP contribution is 2.30. The third kappa shape index (κ3) is 4.89. The standard InChI is InChI=1S/C18H24N4O5S/c1-21(2)28(24,25)22-9-7-15(8-10-22)14-3-5-16(6-4-14)20-18(23)26-12-17-11-19-13-27-17/h3-6,11,13,15H,7-10,12H2,1-2H3,(H,20,23). The Balaban J connectivity index is 1.50. The molecular weight excluding hydrogens is 384 g/mol. The summed E-state index contributed by atoms with van der Waals surface area (Å²) in [5, 5.41) is 2.66. The number of amides is 1. The Morgan fingerprint density at radius 2 is 1.96 bits per heavy atom. The molecule has 1 aliphatic rings. The normalized spacial score (nSPS) is 16.2. The lowest BCUT2D eigenvalue weighted by atomic mass is 9.90. The molecule has 2 heterocycles. The fourth-order valence-corrected chi connectivity index (χ4v) is 4.23. The van der Waals surface area contributed by atoms with Crippen LogP contribution in [-0.2, 0) is 21.6 Å². The van der Waals surface area contributed by atoms with Crippen LogP contribution in [0.4, 0.5) is 10.5 Å². The summed E-state index contributed by atoms with van der Waals surface area (Å²) in [5.74, 6) is 0.759. The molecule has 3 rings (SSSR count). The van der Waals surface area contributed by atoms with Gasteiger partial charge in [-0.1, -0.05) is 12.1 Å².